The molecule has 0 saturated carbocycles. The first kappa shape index (κ1) is 26.3. The standard InChI is InChI=1S/C14H15F13N3/c1-2-3-5-29-7-28-30(8-29)6-4-9(15,16)10(17,18)11(19,20)12(21,22)13(23,24)14(25,26)27/h7-8H,2-6H2,1H3/q+1. The van der Waals surface area contributed by atoms with Gasteiger partial charge >= 0.3 is 35.8 Å². The SMILES string of the molecule is CCCC[n+]1cnn(CCC(F)(F)C(F)(F)C(F)(F)C(F)(F)C(F)(F)C(F)(F)F)c1. The molecule has 0 atom stereocenters. The van der Waals surface area contributed by atoms with Crippen LogP contribution in [0.5, 0.6) is 0 Å². The highest BCUT2D eigenvalue weighted by Crippen LogP contribution is 2.60. The first-order chi connectivity index (χ1) is 13.3. The van der Waals surface area contributed by atoms with Gasteiger partial charge in [0.2, 0.25) is 6.33 Å². The summed E-state index contributed by atoms with van der Waals surface area (Å²) in [6.45, 7) is 0.866. The molecule has 0 spiro atoms. The number of hydrogen-bond donors (Lipinski definition) is 0. The van der Waals surface area contributed by atoms with Gasteiger partial charge in [0.05, 0.1) is 13.0 Å². The normalized spacial score (nSPS) is 15.0. The third-order valence-corrected chi connectivity index (χ3v) is 4.05. The maximum atomic E-state index is 13.7. The van der Waals surface area contributed by atoms with E-state index in [1.54, 1.807) is 6.92 Å². The van der Waals surface area contributed by atoms with Gasteiger partial charge in [-0.3, -0.25) is 0 Å². The van der Waals surface area contributed by atoms with E-state index in [4.69, 9.17) is 0 Å². The largest absolute Gasteiger partial charge is 0.460 e. The molecule has 0 aliphatic rings. The molecule has 0 saturated heterocycles. The summed E-state index contributed by atoms with van der Waals surface area (Å²) < 4.78 is 171. The van der Waals surface area contributed by atoms with Crippen LogP contribution in [0.3, 0.4) is 0 Å². The van der Waals surface area contributed by atoms with Crippen LogP contribution in [0.15, 0.2) is 12.7 Å². The number of halogens is 13. The molecule has 1 aromatic rings. The highest BCUT2D eigenvalue weighted by molar-refractivity contribution is 5.10. The van der Waals surface area contributed by atoms with Gasteiger partial charge in [-0.05, 0) is 6.42 Å². The summed E-state index contributed by atoms with van der Waals surface area (Å²) in [7, 11) is 0. The molecule has 0 aliphatic carbocycles. The Balaban J connectivity index is 3.12. The molecule has 1 rings (SSSR count). The molecule has 0 bridgehead atoms. The topological polar surface area (TPSA) is 21.7 Å². The van der Waals surface area contributed by atoms with Gasteiger partial charge in [-0.15, -0.1) is 4.68 Å². The zero-order chi connectivity index (χ0) is 23.8. The Bertz CT molecular complexity index is 708. The number of hydrogen-bond acceptors (Lipinski definition) is 1. The van der Waals surface area contributed by atoms with Crippen LogP contribution in [0.4, 0.5) is 57.1 Å². The fourth-order valence-electron chi connectivity index (χ4n) is 2.15. The van der Waals surface area contributed by atoms with Crippen molar-refractivity contribution in [3.05, 3.63) is 12.7 Å². The first-order valence-electron chi connectivity index (χ1n) is 8.13. The summed E-state index contributed by atoms with van der Waals surface area (Å²) in [5.41, 5.74) is 0. The van der Waals surface area contributed by atoms with E-state index in [2.05, 4.69) is 5.10 Å². The molecular formula is C14H15F13N3+. The van der Waals surface area contributed by atoms with Gasteiger partial charge in [0.1, 0.15) is 6.54 Å². The van der Waals surface area contributed by atoms with Crippen molar-refractivity contribution in [1.82, 2.24) is 9.78 Å². The Kier molecular flexibility index (Phi) is 7.05. The second kappa shape index (κ2) is 8.05. The van der Waals surface area contributed by atoms with Gasteiger partial charge in [-0.2, -0.15) is 57.1 Å². The summed E-state index contributed by atoms with van der Waals surface area (Å²) in [6, 6.07) is 0. The molecule has 176 valence electrons. The predicted octanol–water partition coefficient (Wildman–Crippen LogP) is 5.10. The number of aryl methyl sites for hydroxylation is 2. The smallest absolute Gasteiger partial charge is 0.237 e. The lowest BCUT2D eigenvalue weighted by molar-refractivity contribution is -0.698. The zero-order valence-corrected chi connectivity index (χ0v) is 14.9. The lowest BCUT2D eigenvalue weighted by Crippen LogP contribution is -2.70. The molecule has 0 N–H and O–H groups in total. The fraction of sp³-hybridized carbons (Fsp3) is 0.857. The van der Waals surface area contributed by atoms with Crippen LogP contribution in [0.1, 0.15) is 26.2 Å². The van der Waals surface area contributed by atoms with E-state index in [9.17, 15) is 57.1 Å². The molecule has 0 radical (unpaired) electrons. The molecule has 16 heteroatoms. The highest BCUT2D eigenvalue weighted by Gasteiger charge is 2.90. The predicted molar refractivity (Wildman–Crippen MR) is 72.7 cm³/mol. The van der Waals surface area contributed by atoms with E-state index in [1.165, 1.54) is 4.57 Å². The van der Waals surface area contributed by atoms with Gasteiger partial charge in [-0.25, -0.2) is 4.57 Å². The van der Waals surface area contributed by atoms with Crippen LogP contribution >= 0.6 is 0 Å². The van der Waals surface area contributed by atoms with E-state index >= 15 is 0 Å². The third kappa shape index (κ3) is 4.31. The minimum Gasteiger partial charge on any atom is -0.237 e. The minimum absolute atomic E-state index is 0.319. The Morgan fingerprint density at radius 1 is 0.767 bits per heavy atom. The number of unbranched alkanes of at least 4 members (excludes halogenated alkanes) is 1. The Hall–Kier alpha value is -1.77. The van der Waals surface area contributed by atoms with E-state index in [1.807, 2.05) is 0 Å². The van der Waals surface area contributed by atoms with Crippen molar-refractivity contribution < 1.29 is 61.6 Å². The molecule has 0 aromatic carbocycles. The summed E-state index contributed by atoms with van der Waals surface area (Å²) in [4.78, 5) is 0. The maximum absolute atomic E-state index is 13.7. The summed E-state index contributed by atoms with van der Waals surface area (Å²) in [5.74, 6) is -36.7. The average molecular weight is 472 g/mol. The maximum Gasteiger partial charge on any atom is 0.460 e. The minimum atomic E-state index is -7.87. The zero-order valence-electron chi connectivity index (χ0n) is 14.9. The third-order valence-electron chi connectivity index (χ3n) is 4.05. The monoisotopic (exact) mass is 472 g/mol. The second-order valence-electron chi connectivity index (χ2n) is 6.35. The number of alkyl halides is 13. The molecule has 3 nitrogen and oxygen atoms in total. The molecule has 0 aliphatic heterocycles. The fourth-order valence-corrected chi connectivity index (χ4v) is 2.15. The van der Waals surface area contributed by atoms with Crippen LogP contribution in [0.2, 0.25) is 0 Å². The lowest BCUT2D eigenvalue weighted by Gasteiger charge is -2.39. The van der Waals surface area contributed by atoms with Gasteiger partial charge in [-0.1, -0.05) is 13.3 Å². The number of nitrogens with zero attached hydrogens (tertiary/aromatic N) is 3. The number of rotatable bonds is 10. The Morgan fingerprint density at radius 3 is 1.73 bits per heavy atom. The van der Waals surface area contributed by atoms with Crippen molar-refractivity contribution in [2.24, 2.45) is 0 Å². The Labute approximate surface area is 160 Å². The first-order valence-corrected chi connectivity index (χ1v) is 8.13. The van der Waals surface area contributed by atoms with Crippen LogP contribution < -0.4 is 4.57 Å². The van der Waals surface area contributed by atoms with E-state index in [0.29, 0.717) is 24.1 Å². The van der Waals surface area contributed by atoms with Crippen molar-refractivity contribution in [2.75, 3.05) is 0 Å². The van der Waals surface area contributed by atoms with Gasteiger partial charge in [0.15, 0.2) is 0 Å². The van der Waals surface area contributed by atoms with Crippen molar-refractivity contribution in [2.45, 2.75) is 75.1 Å². The highest BCUT2D eigenvalue weighted by atomic mass is 19.4. The molecule has 30 heavy (non-hydrogen) atoms. The van der Waals surface area contributed by atoms with Crippen molar-refractivity contribution in [1.29, 1.82) is 0 Å². The summed E-state index contributed by atoms with van der Waals surface area (Å²) >= 11 is 0. The molecule has 0 unspecified atom stereocenters. The van der Waals surface area contributed by atoms with Gasteiger partial charge in [0, 0.05) is 5.10 Å². The van der Waals surface area contributed by atoms with Crippen LogP contribution in [-0.2, 0) is 13.1 Å². The van der Waals surface area contributed by atoms with E-state index in [0.717, 1.165) is 12.7 Å². The average Bonchev–Trinajstić information content (AvgIpc) is 3.04. The van der Waals surface area contributed by atoms with Gasteiger partial charge < -0.3 is 0 Å². The van der Waals surface area contributed by atoms with E-state index < -0.39 is 48.8 Å². The summed E-state index contributed by atoms with van der Waals surface area (Å²) in [5, 5.41) is 3.43. The van der Waals surface area contributed by atoms with Crippen molar-refractivity contribution >= 4 is 0 Å². The van der Waals surface area contributed by atoms with Crippen LogP contribution in [-0.4, -0.2) is 45.6 Å². The van der Waals surface area contributed by atoms with Crippen LogP contribution in [0.25, 0.3) is 0 Å². The van der Waals surface area contributed by atoms with Gasteiger partial charge in [0.25, 0.3) is 6.33 Å². The lowest BCUT2D eigenvalue weighted by atomic mass is 9.92. The molecule has 1 aromatic heterocycles. The molecule has 0 fully saturated rings. The van der Waals surface area contributed by atoms with E-state index in [-0.39, 0.29) is 0 Å². The molecule has 0 amide bonds. The van der Waals surface area contributed by atoms with Crippen LogP contribution in [0, 0.1) is 0 Å². The Morgan fingerprint density at radius 2 is 1.27 bits per heavy atom. The van der Waals surface area contributed by atoms with Crippen molar-refractivity contribution in [3.8, 4) is 0 Å². The second-order valence-corrected chi connectivity index (χ2v) is 6.35. The van der Waals surface area contributed by atoms with Crippen molar-refractivity contribution in [3.63, 3.8) is 0 Å². The quantitative estimate of drug-likeness (QED) is 0.343. The number of aromatic nitrogens is 3. The summed E-state index contributed by atoms with van der Waals surface area (Å²) in [6.07, 6.45) is -6.37. The molecular weight excluding hydrogens is 457 g/mol. The molecule has 1 heterocycles.